The summed E-state index contributed by atoms with van der Waals surface area (Å²) < 4.78 is 5.04. The van der Waals surface area contributed by atoms with Crippen LogP contribution in [0.1, 0.15) is 4.88 Å². The van der Waals surface area contributed by atoms with Gasteiger partial charge >= 0.3 is 0 Å². The van der Waals surface area contributed by atoms with Crippen molar-refractivity contribution >= 4 is 17.0 Å². The maximum Gasteiger partial charge on any atom is 0.214 e. The van der Waals surface area contributed by atoms with Crippen molar-refractivity contribution in [2.24, 2.45) is 0 Å². The van der Waals surface area contributed by atoms with Crippen molar-refractivity contribution in [1.29, 1.82) is 0 Å². The first kappa shape index (κ1) is 9.98. The predicted molar refractivity (Wildman–Crippen MR) is 62.4 cm³/mol. The molecular weight excluding hydrogens is 208 g/mol. The summed E-state index contributed by atoms with van der Waals surface area (Å²) in [5, 5.41) is 5.39. The van der Waals surface area contributed by atoms with E-state index in [-0.39, 0.29) is 0 Å². The second-order valence-electron chi connectivity index (χ2n) is 3.02. The van der Waals surface area contributed by atoms with E-state index in [4.69, 9.17) is 4.74 Å². The summed E-state index contributed by atoms with van der Waals surface area (Å²) in [5.41, 5.74) is 1.02. The standard InChI is InChI=1S/C11H12N2OS/c1-14-11-7-9(4-5-12-11)13-8-10-3-2-6-15-10/h2-7H,8H2,1H3,(H,12,13). The highest BCUT2D eigenvalue weighted by Gasteiger charge is 1.97. The first-order valence-electron chi connectivity index (χ1n) is 4.65. The van der Waals surface area contributed by atoms with E-state index in [1.165, 1.54) is 4.88 Å². The molecule has 0 aliphatic rings. The van der Waals surface area contributed by atoms with E-state index in [0.29, 0.717) is 5.88 Å². The van der Waals surface area contributed by atoms with Gasteiger partial charge in [-0.3, -0.25) is 0 Å². The van der Waals surface area contributed by atoms with Gasteiger partial charge in [0.25, 0.3) is 0 Å². The molecule has 0 spiro atoms. The molecule has 0 radical (unpaired) electrons. The van der Waals surface area contributed by atoms with Crippen molar-refractivity contribution in [3.63, 3.8) is 0 Å². The van der Waals surface area contributed by atoms with Crippen LogP contribution in [0.15, 0.2) is 35.8 Å². The molecule has 2 aromatic heterocycles. The van der Waals surface area contributed by atoms with E-state index in [1.54, 1.807) is 24.6 Å². The molecule has 0 saturated carbocycles. The van der Waals surface area contributed by atoms with Crippen LogP contribution in [0.5, 0.6) is 5.88 Å². The van der Waals surface area contributed by atoms with Gasteiger partial charge in [0, 0.05) is 29.4 Å². The van der Waals surface area contributed by atoms with E-state index in [9.17, 15) is 0 Å². The lowest BCUT2D eigenvalue weighted by atomic mass is 10.4. The molecule has 0 fully saturated rings. The van der Waals surface area contributed by atoms with Gasteiger partial charge in [0.05, 0.1) is 7.11 Å². The summed E-state index contributed by atoms with van der Waals surface area (Å²) in [5.74, 6) is 0.631. The summed E-state index contributed by atoms with van der Waals surface area (Å²) in [6.07, 6.45) is 1.73. The van der Waals surface area contributed by atoms with E-state index in [1.807, 2.05) is 12.1 Å². The largest absolute Gasteiger partial charge is 0.481 e. The zero-order chi connectivity index (χ0) is 10.5. The van der Waals surface area contributed by atoms with Crippen molar-refractivity contribution in [1.82, 2.24) is 4.98 Å². The Kier molecular flexibility index (Phi) is 3.19. The Morgan fingerprint density at radius 1 is 1.47 bits per heavy atom. The third-order valence-corrected chi connectivity index (χ3v) is 2.87. The third-order valence-electron chi connectivity index (χ3n) is 1.99. The summed E-state index contributed by atoms with van der Waals surface area (Å²) in [6, 6.07) is 7.97. The fraction of sp³-hybridized carbons (Fsp3) is 0.182. The summed E-state index contributed by atoms with van der Waals surface area (Å²) in [4.78, 5) is 5.35. The van der Waals surface area contributed by atoms with Crippen LogP contribution in [-0.4, -0.2) is 12.1 Å². The number of pyridine rings is 1. The Bertz CT molecular complexity index is 414. The van der Waals surface area contributed by atoms with Gasteiger partial charge in [0.2, 0.25) is 5.88 Å². The summed E-state index contributed by atoms with van der Waals surface area (Å²) in [7, 11) is 1.62. The van der Waals surface area contributed by atoms with Gasteiger partial charge < -0.3 is 10.1 Å². The molecule has 78 valence electrons. The molecule has 0 bridgehead atoms. The average molecular weight is 220 g/mol. The summed E-state index contributed by atoms with van der Waals surface area (Å²) >= 11 is 1.74. The Morgan fingerprint density at radius 2 is 2.40 bits per heavy atom. The normalized spacial score (nSPS) is 9.93. The van der Waals surface area contributed by atoms with Crippen LogP contribution in [0, 0.1) is 0 Å². The molecule has 0 atom stereocenters. The van der Waals surface area contributed by atoms with Gasteiger partial charge in [-0.25, -0.2) is 4.98 Å². The number of nitrogens with one attached hydrogen (secondary N) is 1. The number of anilines is 1. The van der Waals surface area contributed by atoms with Crippen LogP contribution in [-0.2, 0) is 6.54 Å². The zero-order valence-electron chi connectivity index (χ0n) is 8.43. The number of rotatable bonds is 4. The minimum Gasteiger partial charge on any atom is -0.481 e. The van der Waals surface area contributed by atoms with Gasteiger partial charge in [-0.2, -0.15) is 0 Å². The van der Waals surface area contributed by atoms with Gasteiger partial charge in [-0.05, 0) is 17.5 Å². The Hall–Kier alpha value is -1.55. The second-order valence-corrected chi connectivity index (χ2v) is 4.05. The van der Waals surface area contributed by atoms with E-state index < -0.39 is 0 Å². The van der Waals surface area contributed by atoms with Crippen molar-refractivity contribution < 1.29 is 4.74 Å². The number of nitrogens with zero attached hydrogens (tertiary/aromatic N) is 1. The van der Waals surface area contributed by atoms with Crippen LogP contribution >= 0.6 is 11.3 Å². The molecule has 0 aliphatic heterocycles. The smallest absolute Gasteiger partial charge is 0.214 e. The molecule has 3 nitrogen and oxygen atoms in total. The molecule has 0 aliphatic carbocycles. The molecule has 15 heavy (non-hydrogen) atoms. The number of ether oxygens (including phenoxy) is 1. The van der Waals surface area contributed by atoms with Crippen molar-refractivity contribution in [3.05, 3.63) is 40.7 Å². The van der Waals surface area contributed by atoms with Crippen LogP contribution < -0.4 is 10.1 Å². The lowest BCUT2D eigenvalue weighted by Crippen LogP contribution is -1.98. The fourth-order valence-corrected chi connectivity index (χ4v) is 1.88. The topological polar surface area (TPSA) is 34.1 Å². The lowest BCUT2D eigenvalue weighted by Gasteiger charge is -2.05. The molecule has 0 amide bonds. The number of hydrogen-bond donors (Lipinski definition) is 1. The van der Waals surface area contributed by atoms with Crippen LogP contribution in [0.2, 0.25) is 0 Å². The molecule has 2 rings (SSSR count). The highest BCUT2D eigenvalue weighted by atomic mass is 32.1. The van der Waals surface area contributed by atoms with Crippen LogP contribution in [0.3, 0.4) is 0 Å². The highest BCUT2D eigenvalue weighted by Crippen LogP contribution is 2.16. The molecule has 0 unspecified atom stereocenters. The maximum absolute atomic E-state index is 5.04. The number of hydrogen-bond acceptors (Lipinski definition) is 4. The number of aromatic nitrogens is 1. The third kappa shape index (κ3) is 2.70. The minimum atomic E-state index is 0.631. The number of thiophene rings is 1. The molecular formula is C11H12N2OS. The van der Waals surface area contributed by atoms with Gasteiger partial charge in [-0.15, -0.1) is 11.3 Å². The first-order valence-corrected chi connectivity index (χ1v) is 5.53. The van der Waals surface area contributed by atoms with Crippen molar-refractivity contribution in [3.8, 4) is 5.88 Å². The van der Waals surface area contributed by atoms with Crippen molar-refractivity contribution in [2.45, 2.75) is 6.54 Å². The van der Waals surface area contributed by atoms with Crippen molar-refractivity contribution in [2.75, 3.05) is 12.4 Å². The monoisotopic (exact) mass is 220 g/mol. The van der Waals surface area contributed by atoms with Crippen LogP contribution in [0.25, 0.3) is 0 Å². The SMILES string of the molecule is COc1cc(NCc2cccs2)ccn1. The second kappa shape index (κ2) is 4.79. The van der Waals surface area contributed by atoms with E-state index >= 15 is 0 Å². The minimum absolute atomic E-state index is 0.631. The van der Waals surface area contributed by atoms with Gasteiger partial charge in [0.1, 0.15) is 0 Å². The van der Waals surface area contributed by atoms with E-state index in [0.717, 1.165) is 12.2 Å². The first-order chi connectivity index (χ1) is 7.38. The molecule has 1 N–H and O–H groups in total. The molecule has 0 aromatic carbocycles. The quantitative estimate of drug-likeness (QED) is 0.860. The Labute approximate surface area is 92.7 Å². The van der Waals surface area contributed by atoms with Gasteiger partial charge in [-0.1, -0.05) is 6.07 Å². The molecule has 0 saturated heterocycles. The highest BCUT2D eigenvalue weighted by molar-refractivity contribution is 7.09. The van der Waals surface area contributed by atoms with Gasteiger partial charge in [0.15, 0.2) is 0 Å². The molecule has 2 heterocycles. The van der Waals surface area contributed by atoms with Crippen LogP contribution in [0.4, 0.5) is 5.69 Å². The Morgan fingerprint density at radius 3 is 3.13 bits per heavy atom. The zero-order valence-corrected chi connectivity index (χ0v) is 9.25. The fourth-order valence-electron chi connectivity index (χ4n) is 1.23. The summed E-state index contributed by atoms with van der Waals surface area (Å²) in [6.45, 7) is 0.838. The predicted octanol–water partition coefficient (Wildman–Crippen LogP) is 2.76. The molecule has 2 aromatic rings. The Balaban J connectivity index is 1.98. The molecule has 4 heteroatoms. The van der Waals surface area contributed by atoms with E-state index in [2.05, 4.69) is 27.8 Å². The number of methoxy groups -OCH3 is 1. The average Bonchev–Trinajstić information content (AvgIpc) is 2.79. The lowest BCUT2D eigenvalue weighted by molar-refractivity contribution is 0.398. The maximum atomic E-state index is 5.04.